The van der Waals surface area contributed by atoms with Crippen LogP contribution >= 0.6 is 11.6 Å². The van der Waals surface area contributed by atoms with Gasteiger partial charge in [-0.05, 0) is 49.1 Å². The summed E-state index contributed by atoms with van der Waals surface area (Å²) in [7, 11) is 0. The molecule has 0 unspecified atom stereocenters. The number of pyridine rings is 1. The van der Waals surface area contributed by atoms with Crippen LogP contribution in [0.15, 0.2) is 59.5 Å². The van der Waals surface area contributed by atoms with Crippen molar-refractivity contribution in [3.63, 3.8) is 0 Å². The van der Waals surface area contributed by atoms with E-state index in [-0.39, 0.29) is 11.1 Å². The number of nitrogens with one attached hydrogen (secondary N) is 1. The first-order valence-corrected chi connectivity index (χ1v) is 8.53. The summed E-state index contributed by atoms with van der Waals surface area (Å²) >= 11 is 6.00. The number of halogens is 1. The van der Waals surface area contributed by atoms with Crippen LogP contribution in [0.1, 0.15) is 30.5 Å². The Morgan fingerprint density at radius 1 is 1.17 bits per heavy atom. The fourth-order valence-electron chi connectivity index (χ4n) is 3.32. The maximum atomic E-state index is 12.2. The average molecular weight is 340 g/mol. The molecule has 0 atom stereocenters. The lowest BCUT2D eigenvalue weighted by molar-refractivity contribution is 0.183. The normalized spacial score (nSPS) is 16.0. The highest BCUT2D eigenvalue weighted by Gasteiger charge is 2.38. The fraction of sp³-hybridized carbons (Fsp3) is 0.263. The molecule has 0 radical (unpaired) electrons. The lowest BCUT2D eigenvalue weighted by Gasteiger charge is -2.43. The number of hydrogen-bond donors (Lipinski definition) is 1. The zero-order valence-electron chi connectivity index (χ0n) is 13.2. The van der Waals surface area contributed by atoms with Crippen molar-refractivity contribution in [2.75, 3.05) is 0 Å². The van der Waals surface area contributed by atoms with Crippen molar-refractivity contribution in [2.45, 2.75) is 31.3 Å². The zero-order chi connectivity index (χ0) is 16.6. The zero-order valence-corrected chi connectivity index (χ0v) is 14.0. The molecule has 2 heterocycles. The Labute approximate surface area is 145 Å². The van der Waals surface area contributed by atoms with Crippen LogP contribution in [0.4, 0.5) is 0 Å². The van der Waals surface area contributed by atoms with E-state index in [1.54, 1.807) is 16.7 Å². The van der Waals surface area contributed by atoms with Crippen LogP contribution in [0.25, 0.3) is 5.65 Å². The quantitative estimate of drug-likeness (QED) is 0.791. The molecule has 3 aromatic rings. The van der Waals surface area contributed by atoms with E-state index in [1.807, 2.05) is 30.3 Å². The molecular weight excluding hydrogens is 322 g/mol. The van der Waals surface area contributed by atoms with Gasteiger partial charge in [-0.15, -0.1) is 0 Å². The molecule has 122 valence electrons. The Balaban J connectivity index is 1.59. The SMILES string of the molecule is O=c1cc(CNC2(c3ccc(Cl)cc3)CCC2)nc2ccccn12. The van der Waals surface area contributed by atoms with Gasteiger partial charge < -0.3 is 5.32 Å². The van der Waals surface area contributed by atoms with Crippen molar-refractivity contribution in [1.29, 1.82) is 0 Å². The molecule has 0 aliphatic heterocycles. The number of aromatic nitrogens is 2. The number of benzene rings is 1. The molecule has 0 bridgehead atoms. The Morgan fingerprint density at radius 2 is 1.96 bits per heavy atom. The summed E-state index contributed by atoms with van der Waals surface area (Å²) in [4.78, 5) is 16.8. The highest BCUT2D eigenvalue weighted by Crippen LogP contribution is 2.41. The van der Waals surface area contributed by atoms with Crippen LogP contribution in [0, 0.1) is 0 Å². The fourth-order valence-corrected chi connectivity index (χ4v) is 3.45. The largest absolute Gasteiger partial charge is 0.302 e. The van der Waals surface area contributed by atoms with Crippen molar-refractivity contribution in [1.82, 2.24) is 14.7 Å². The van der Waals surface area contributed by atoms with Gasteiger partial charge in [-0.1, -0.05) is 29.8 Å². The average Bonchev–Trinajstić information content (AvgIpc) is 2.55. The Morgan fingerprint density at radius 3 is 2.67 bits per heavy atom. The molecule has 4 rings (SSSR count). The predicted molar refractivity (Wildman–Crippen MR) is 95.3 cm³/mol. The highest BCUT2D eigenvalue weighted by atomic mass is 35.5. The summed E-state index contributed by atoms with van der Waals surface area (Å²) in [5.74, 6) is 0. The topological polar surface area (TPSA) is 46.4 Å². The maximum absolute atomic E-state index is 12.2. The first-order valence-electron chi connectivity index (χ1n) is 8.15. The van der Waals surface area contributed by atoms with E-state index in [0.29, 0.717) is 12.2 Å². The summed E-state index contributed by atoms with van der Waals surface area (Å²) in [5, 5.41) is 4.37. The summed E-state index contributed by atoms with van der Waals surface area (Å²) in [6.07, 6.45) is 5.11. The Bertz CT molecular complexity index is 929. The minimum atomic E-state index is -0.0495. The van der Waals surface area contributed by atoms with Gasteiger partial charge in [-0.2, -0.15) is 0 Å². The van der Waals surface area contributed by atoms with E-state index < -0.39 is 0 Å². The highest BCUT2D eigenvalue weighted by molar-refractivity contribution is 6.30. The molecule has 4 nitrogen and oxygen atoms in total. The molecule has 1 saturated carbocycles. The first-order chi connectivity index (χ1) is 11.7. The minimum Gasteiger partial charge on any atom is -0.302 e. The molecule has 1 aliphatic rings. The van der Waals surface area contributed by atoms with Gasteiger partial charge in [-0.25, -0.2) is 4.98 Å². The van der Waals surface area contributed by atoms with Gasteiger partial charge in [0, 0.05) is 29.4 Å². The van der Waals surface area contributed by atoms with E-state index in [9.17, 15) is 4.79 Å². The van der Waals surface area contributed by atoms with Gasteiger partial charge in [0.1, 0.15) is 5.65 Å². The maximum Gasteiger partial charge on any atom is 0.258 e. The first kappa shape index (κ1) is 15.4. The van der Waals surface area contributed by atoms with Crippen molar-refractivity contribution in [2.24, 2.45) is 0 Å². The predicted octanol–water partition coefficient (Wildman–Crippen LogP) is 3.52. The lowest BCUT2D eigenvalue weighted by atomic mass is 9.72. The third-order valence-electron chi connectivity index (χ3n) is 4.84. The molecular formula is C19H18ClN3O. The lowest BCUT2D eigenvalue weighted by Crippen LogP contribution is -2.47. The minimum absolute atomic E-state index is 0.0336. The standard InChI is InChI=1S/C19H18ClN3O/c20-15-7-5-14(6-8-15)19(9-3-10-19)21-13-16-12-18(24)23-11-2-1-4-17(23)22-16/h1-2,4-8,11-12,21H,3,9-10,13H2. The van der Waals surface area contributed by atoms with Crippen molar-refractivity contribution in [3.8, 4) is 0 Å². The van der Waals surface area contributed by atoms with Crippen molar-refractivity contribution in [3.05, 3.63) is 81.4 Å². The second-order valence-electron chi connectivity index (χ2n) is 6.31. The van der Waals surface area contributed by atoms with E-state index in [4.69, 9.17) is 11.6 Å². The van der Waals surface area contributed by atoms with Crippen LogP contribution in [0.5, 0.6) is 0 Å². The van der Waals surface area contributed by atoms with Crippen molar-refractivity contribution < 1.29 is 0 Å². The molecule has 1 fully saturated rings. The van der Waals surface area contributed by atoms with E-state index in [2.05, 4.69) is 22.4 Å². The van der Waals surface area contributed by atoms with Gasteiger partial charge >= 0.3 is 0 Å². The van der Waals surface area contributed by atoms with Gasteiger partial charge in [0.25, 0.3) is 5.56 Å². The second kappa shape index (κ2) is 6.04. The Kier molecular flexibility index (Phi) is 3.87. The molecule has 0 spiro atoms. The van der Waals surface area contributed by atoms with E-state index in [1.165, 1.54) is 12.0 Å². The van der Waals surface area contributed by atoms with Crippen LogP contribution in [-0.2, 0) is 12.1 Å². The van der Waals surface area contributed by atoms with Crippen LogP contribution in [0.3, 0.4) is 0 Å². The summed E-state index contributed by atoms with van der Waals surface area (Å²) < 4.78 is 1.56. The molecule has 2 aromatic heterocycles. The molecule has 1 N–H and O–H groups in total. The number of hydrogen-bond acceptors (Lipinski definition) is 3. The number of fused-ring (bicyclic) bond motifs is 1. The summed E-state index contributed by atoms with van der Waals surface area (Å²) in [5.41, 5.74) is 2.61. The summed E-state index contributed by atoms with van der Waals surface area (Å²) in [6.45, 7) is 0.573. The molecule has 5 heteroatoms. The third kappa shape index (κ3) is 2.72. The Hall–Kier alpha value is -2.17. The van der Waals surface area contributed by atoms with Gasteiger partial charge in [0.2, 0.25) is 0 Å². The molecule has 1 aliphatic carbocycles. The van der Waals surface area contributed by atoms with Crippen molar-refractivity contribution >= 4 is 17.2 Å². The van der Waals surface area contributed by atoms with E-state index in [0.717, 1.165) is 23.6 Å². The van der Waals surface area contributed by atoms with Gasteiger partial charge in [-0.3, -0.25) is 9.20 Å². The smallest absolute Gasteiger partial charge is 0.258 e. The number of rotatable bonds is 4. The second-order valence-corrected chi connectivity index (χ2v) is 6.75. The molecule has 0 amide bonds. The van der Waals surface area contributed by atoms with Crippen LogP contribution in [0.2, 0.25) is 5.02 Å². The molecule has 0 saturated heterocycles. The third-order valence-corrected chi connectivity index (χ3v) is 5.09. The molecule has 1 aromatic carbocycles. The number of nitrogens with zero attached hydrogens (tertiary/aromatic N) is 2. The van der Waals surface area contributed by atoms with Crippen LogP contribution < -0.4 is 10.9 Å². The monoisotopic (exact) mass is 339 g/mol. The van der Waals surface area contributed by atoms with E-state index >= 15 is 0 Å². The van der Waals surface area contributed by atoms with Gasteiger partial charge in [0.15, 0.2) is 0 Å². The van der Waals surface area contributed by atoms with Gasteiger partial charge in [0.05, 0.1) is 5.69 Å². The summed E-state index contributed by atoms with van der Waals surface area (Å²) in [6, 6.07) is 15.2. The van der Waals surface area contributed by atoms with Crippen LogP contribution in [-0.4, -0.2) is 9.38 Å². The molecule has 24 heavy (non-hydrogen) atoms.